The van der Waals surface area contributed by atoms with Gasteiger partial charge in [-0.3, -0.25) is 9.97 Å². The molecule has 0 radical (unpaired) electrons. The van der Waals surface area contributed by atoms with E-state index in [0.29, 0.717) is 0 Å². The van der Waals surface area contributed by atoms with Crippen LogP contribution in [0, 0.1) is 0 Å². The number of pyridine rings is 2. The van der Waals surface area contributed by atoms with Crippen molar-refractivity contribution < 1.29 is 0 Å². The summed E-state index contributed by atoms with van der Waals surface area (Å²) in [6.07, 6.45) is 11.0. The molecule has 0 N–H and O–H groups in total. The smallest absolute Gasteiger partial charge is 0.0403 e. The van der Waals surface area contributed by atoms with Crippen LogP contribution in [-0.4, -0.2) is 9.97 Å². The van der Waals surface area contributed by atoms with Crippen molar-refractivity contribution in [3.05, 3.63) is 60.2 Å². The van der Waals surface area contributed by atoms with Crippen LogP contribution in [0.2, 0.25) is 0 Å². The molecule has 18 heavy (non-hydrogen) atoms. The molecule has 0 aromatic carbocycles. The highest BCUT2D eigenvalue weighted by atomic mass is 14.7. The third kappa shape index (κ3) is 4.66. The number of unbranched alkanes of at least 4 members (excludes halogenated alkanes) is 3. The second kappa shape index (κ2) is 7.59. The zero-order chi connectivity index (χ0) is 12.5. The monoisotopic (exact) mass is 240 g/mol. The van der Waals surface area contributed by atoms with E-state index >= 15 is 0 Å². The van der Waals surface area contributed by atoms with Crippen LogP contribution in [0.3, 0.4) is 0 Å². The Hall–Kier alpha value is -1.70. The zero-order valence-electron chi connectivity index (χ0n) is 10.8. The van der Waals surface area contributed by atoms with Crippen LogP contribution in [0.5, 0.6) is 0 Å². The van der Waals surface area contributed by atoms with Crippen molar-refractivity contribution in [3.63, 3.8) is 0 Å². The Morgan fingerprint density at radius 3 is 1.50 bits per heavy atom. The van der Waals surface area contributed by atoms with Gasteiger partial charge >= 0.3 is 0 Å². The van der Waals surface area contributed by atoms with Crippen LogP contribution >= 0.6 is 0 Å². The molecule has 0 aliphatic carbocycles. The standard InChI is InChI=1S/C16H20N2/c1(3-9-15-11-5-7-13-17-15)2-4-10-16-12-6-8-14-18-16/h5-8,11-14H,1-4,9-10H2. The third-order valence-electron chi connectivity index (χ3n) is 3.07. The molecule has 2 heterocycles. The van der Waals surface area contributed by atoms with Gasteiger partial charge in [-0.05, 0) is 49.9 Å². The van der Waals surface area contributed by atoms with E-state index in [-0.39, 0.29) is 0 Å². The number of aryl methyl sites for hydroxylation is 2. The molecule has 0 saturated carbocycles. The summed E-state index contributed by atoms with van der Waals surface area (Å²) in [5.74, 6) is 0. The van der Waals surface area contributed by atoms with Crippen LogP contribution in [0.1, 0.15) is 37.1 Å². The first-order valence-corrected chi connectivity index (χ1v) is 6.75. The highest BCUT2D eigenvalue weighted by Crippen LogP contribution is 2.08. The van der Waals surface area contributed by atoms with Gasteiger partial charge in [0.1, 0.15) is 0 Å². The Kier molecular flexibility index (Phi) is 5.38. The van der Waals surface area contributed by atoms with Gasteiger partial charge in [0.05, 0.1) is 0 Å². The predicted octanol–water partition coefficient (Wildman–Crippen LogP) is 3.82. The summed E-state index contributed by atoms with van der Waals surface area (Å²) in [7, 11) is 0. The van der Waals surface area contributed by atoms with Crippen molar-refractivity contribution in [2.45, 2.75) is 38.5 Å². The van der Waals surface area contributed by atoms with Gasteiger partial charge in [-0.1, -0.05) is 25.0 Å². The summed E-state index contributed by atoms with van der Waals surface area (Å²) in [4.78, 5) is 8.67. The molecule has 2 aromatic heterocycles. The lowest BCUT2D eigenvalue weighted by Crippen LogP contribution is -1.91. The second-order valence-electron chi connectivity index (χ2n) is 4.56. The predicted molar refractivity (Wildman–Crippen MR) is 74.4 cm³/mol. The lowest BCUT2D eigenvalue weighted by Gasteiger charge is -2.02. The minimum Gasteiger partial charge on any atom is -0.261 e. The lowest BCUT2D eigenvalue weighted by molar-refractivity contribution is 0.631. The van der Waals surface area contributed by atoms with E-state index in [4.69, 9.17) is 0 Å². The van der Waals surface area contributed by atoms with Crippen molar-refractivity contribution >= 4 is 0 Å². The Labute approximate surface area is 109 Å². The largest absolute Gasteiger partial charge is 0.261 e. The third-order valence-corrected chi connectivity index (χ3v) is 3.07. The van der Waals surface area contributed by atoms with Crippen molar-refractivity contribution in [2.75, 3.05) is 0 Å². The van der Waals surface area contributed by atoms with Crippen molar-refractivity contribution in [1.29, 1.82) is 0 Å². The van der Waals surface area contributed by atoms with E-state index in [1.807, 2.05) is 24.5 Å². The summed E-state index contributed by atoms with van der Waals surface area (Å²) < 4.78 is 0. The molecule has 2 nitrogen and oxygen atoms in total. The summed E-state index contributed by atoms with van der Waals surface area (Å²) in [6.45, 7) is 0. The van der Waals surface area contributed by atoms with Gasteiger partial charge in [0.2, 0.25) is 0 Å². The molecule has 0 atom stereocenters. The van der Waals surface area contributed by atoms with Gasteiger partial charge in [-0.25, -0.2) is 0 Å². The molecule has 0 fully saturated rings. The molecule has 2 aromatic rings. The van der Waals surface area contributed by atoms with Crippen LogP contribution in [0.15, 0.2) is 48.8 Å². The van der Waals surface area contributed by atoms with Crippen LogP contribution in [0.25, 0.3) is 0 Å². The lowest BCUT2D eigenvalue weighted by atomic mass is 10.1. The number of hydrogen-bond acceptors (Lipinski definition) is 2. The van der Waals surface area contributed by atoms with Gasteiger partial charge in [0.15, 0.2) is 0 Å². The number of hydrogen-bond donors (Lipinski definition) is 0. The number of nitrogens with zero attached hydrogens (tertiary/aromatic N) is 2. The Balaban J connectivity index is 1.54. The fourth-order valence-electron chi connectivity index (χ4n) is 2.06. The first kappa shape index (κ1) is 12.7. The second-order valence-corrected chi connectivity index (χ2v) is 4.56. The zero-order valence-corrected chi connectivity index (χ0v) is 10.8. The van der Waals surface area contributed by atoms with Gasteiger partial charge in [-0.2, -0.15) is 0 Å². The summed E-state index contributed by atoms with van der Waals surface area (Å²) in [5.41, 5.74) is 2.42. The average molecular weight is 240 g/mol. The fraction of sp³-hybridized carbons (Fsp3) is 0.375. The first-order chi connectivity index (χ1) is 8.95. The molecule has 0 spiro atoms. The van der Waals surface area contributed by atoms with E-state index in [9.17, 15) is 0 Å². The topological polar surface area (TPSA) is 25.8 Å². The molecule has 0 bridgehead atoms. The molecule has 2 rings (SSSR count). The van der Waals surface area contributed by atoms with Crippen LogP contribution < -0.4 is 0 Å². The van der Waals surface area contributed by atoms with Crippen molar-refractivity contribution in [3.8, 4) is 0 Å². The highest BCUT2D eigenvalue weighted by molar-refractivity contribution is 5.04. The maximum Gasteiger partial charge on any atom is 0.0403 e. The van der Waals surface area contributed by atoms with Crippen LogP contribution in [-0.2, 0) is 12.8 Å². The number of rotatable bonds is 7. The molecule has 0 amide bonds. The van der Waals surface area contributed by atoms with E-state index < -0.39 is 0 Å². The van der Waals surface area contributed by atoms with E-state index in [1.165, 1.54) is 37.1 Å². The van der Waals surface area contributed by atoms with E-state index in [0.717, 1.165) is 12.8 Å². The van der Waals surface area contributed by atoms with Gasteiger partial charge in [0.25, 0.3) is 0 Å². The molecular weight excluding hydrogens is 220 g/mol. The van der Waals surface area contributed by atoms with Gasteiger partial charge in [0, 0.05) is 23.8 Å². The minimum atomic E-state index is 1.10. The van der Waals surface area contributed by atoms with Gasteiger partial charge in [-0.15, -0.1) is 0 Å². The molecule has 2 heteroatoms. The first-order valence-electron chi connectivity index (χ1n) is 6.75. The maximum atomic E-state index is 4.33. The molecule has 0 saturated heterocycles. The van der Waals surface area contributed by atoms with E-state index in [2.05, 4.69) is 34.2 Å². The van der Waals surface area contributed by atoms with Crippen LogP contribution in [0.4, 0.5) is 0 Å². The van der Waals surface area contributed by atoms with E-state index in [1.54, 1.807) is 0 Å². The Morgan fingerprint density at radius 1 is 0.611 bits per heavy atom. The van der Waals surface area contributed by atoms with Crippen molar-refractivity contribution in [2.24, 2.45) is 0 Å². The SMILES string of the molecule is c1ccc(CCCCCCc2ccccn2)nc1. The molecular formula is C16H20N2. The quantitative estimate of drug-likeness (QED) is 0.687. The van der Waals surface area contributed by atoms with Gasteiger partial charge < -0.3 is 0 Å². The minimum absolute atomic E-state index is 1.10. The molecule has 0 aliphatic rings. The summed E-state index contributed by atoms with van der Waals surface area (Å²) in [5, 5.41) is 0. The average Bonchev–Trinajstić information content (AvgIpc) is 2.45. The summed E-state index contributed by atoms with van der Waals surface area (Å²) in [6, 6.07) is 12.3. The maximum absolute atomic E-state index is 4.33. The number of aromatic nitrogens is 2. The van der Waals surface area contributed by atoms with Crippen molar-refractivity contribution in [1.82, 2.24) is 9.97 Å². The molecule has 94 valence electrons. The normalized spacial score (nSPS) is 10.4. The highest BCUT2D eigenvalue weighted by Gasteiger charge is 1.96. The molecule has 0 aliphatic heterocycles. The Bertz CT molecular complexity index is 382. The Morgan fingerprint density at radius 2 is 1.11 bits per heavy atom. The summed E-state index contributed by atoms with van der Waals surface area (Å²) >= 11 is 0. The fourth-order valence-corrected chi connectivity index (χ4v) is 2.06. The molecule has 0 unspecified atom stereocenters.